The molecule has 2 aromatic heterocycles. The molecule has 4 heteroatoms. The molecule has 0 amide bonds. The summed E-state index contributed by atoms with van der Waals surface area (Å²) < 4.78 is 1.17. The van der Waals surface area contributed by atoms with Gasteiger partial charge < -0.3 is 5.32 Å². The van der Waals surface area contributed by atoms with Crippen molar-refractivity contribution in [3.63, 3.8) is 0 Å². The van der Waals surface area contributed by atoms with Crippen LogP contribution >= 0.6 is 27.3 Å². The van der Waals surface area contributed by atoms with Crippen LogP contribution < -0.4 is 5.32 Å². The zero-order valence-corrected chi connectivity index (χ0v) is 12.1. The maximum Gasteiger partial charge on any atom is 0.0386 e. The zero-order valence-electron chi connectivity index (χ0n) is 9.69. The average Bonchev–Trinajstić information content (AvgIpc) is 2.77. The fourth-order valence-electron chi connectivity index (χ4n) is 1.64. The number of halogens is 1. The minimum absolute atomic E-state index is 0.410. The standard InChI is InChI=1S/C13H15BrN2S/c1-10(13-8-12(14)9-17-13)16-7-4-11-2-5-15-6-3-11/h2-3,5-6,8-10,16H,4,7H2,1H3. The normalized spacial score (nSPS) is 12.6. The first-order chi connectivity index (χ1) is 8.25. The summed E-state index contributed by atoms with van der Waals surface area (Å²) in [7, 11) is 0. The van der Waals surface area contributed by atoms with Gasteiger partial charge in [-0.25, -0.2) is 0 Å². The average molecular weight is 311 g/mol. The molecule has 0 bridgehead atoms. The van der Waals surface area contributed by atoms with Gasteiger partial charge in [-0.1, -0.05) is 0 Å². The predicted octanol–water partition coefficient (Wildman–Crippen LogP) is 3.80. The first-order valence-corrected chi connectivity index (χ1v) is 7.29. The summed E-state index contributed by atoms with van der Waals surface area (Å²) in [5.41, 5.74) is 1.33. The topological polar surface area (TPSA) is 24.9 Å². The van der Waals surface area contributed by atoms with Gasteiger partial charge in [-0.05, 0) is 59.6 Å². The van der Waals surface area contributed by atoms with E-state index >= 15 is 0 Å². The Morgan fingerprint density at radius 3 is 2.82 bits per heavy atom. The van der Waals surface area contributed by atoms with Crippen LogP contribution in [-0.4, -0.2) is 11.5 Å². The number of hydrogen-bond donors (Lipinski definition) is 1. The Labute approximate surface area is 114 Å². The summed E-state index contributed by atoms with van der Waals surface area (Å²) in [6.07, 6.45) is 4.73. The molecule has 0 saturated carbocycles. The lowest BCUT2D eigenvalue weighted by Crippen LogP contribution is -2.20. The van der Waals surface area contributed by atoms with E-state index in [2.05, 4.69) is 56.7 Å². The summed E-state index contributed by atoms with van der Waals surface area (Å²) in [6, 6.07) is 6.71. The highest BCUT2D eigenvalue weighted by Crippen LogP contribution is 2.25. The van der Waals surface area contributed by atoms with Crippen molar-refractivity contribution >= 4 is 27.3 Å². The summed E-state index contributed by atoms with van der Waals surface area (Å²) in [6.45, 7) is 3.19. The van der Waals surface area contributed by atoms with E-state index < -0.39 is 0 Å². The third-order valence-electron chi connectivity index (χ3n) is 2.63. The van der Waals surface area contributed by atoms with E-state index in [-0.39, 0.29) is 0 Å². The second-order valence-corrected chi connectivity index (χ2v) is 5.81. The maximum absolute atomic E-state index is 4.01. The molecule has 90 valence electrons. The quantitative estimate of drug-likeness (QED) is 0.908. The van der Waals surface area contributed by atoms with Crippen molar-refractivity contribution in [1.82, 2.24) is 10.3 Å². The first-order valence-electron chi connectivity index (χ1n) is 5.62. The third-order valence-corrected chi connectivity index (χ3v) is 4.50. The number of nitrogens with one attached hydrogen (secondary N) is 1. The molecular weight excluding hydrogens is 296 g/mol. The van der Waals surface area contributed by atoms with Gasteiger partial charge in [0, 0.05) is 33.2 Å². The summed E-state index contributed by atoms with van der Waals surface area (Å²) >= 11 is 5.27. The van der Waals surface area contributed by atoms with Gasteiger partial charge in [0.15, 0.2) is 0 Å². The summed E-state index contributed by atoms with van der Waals surface area (Å²) in [5, 5.41) is 5.65. The highest BCUT2D eigenvalue weighted by molar-refractivity contribution is 9.10. The number of thiophene rings is 1. The molecule has 0 aliphatic carbocycles. The lowest BCUT2D eigenvalue weighted by atomic mass is 10.2. The van der Waals surface area contributed by atoms with E-state index in [1.54, 1.807) is 11.3 Å². The lowest BCUT2D eigenvalue weighted by molar-refractivity contribution is 0.584. The van der Waals surface area contributed by atoms with Crippen molar-refractivity contribution in [2.45, 2.75) is 19.4 Å². The van der Waals surface area contributed by atoms with Gasteiger partial charge in [-0.2, -0.15) is 0 Å². The van der Waals surface area contributed by atoms with Gasteiger partial charge >= 0.3 is 0 Å². The molecule has 0 saturated heterocycles. The predicted molar refractivity (Wildman–Crippen MR) is 76.4 cm³/mol. The highest BCUT2D eigenvalue weighted by Gasteiger charge is 2.06. The van der Waals surface area contributed by atoms with Crippen LogP contribution in [0, 0.1) is 0 Å². The Morgan fingerprint density at radius 2 is 2.18 bits per heavy atom. The fraction of sp³-hybridized carbons (Fsp3) is 0.308. The minimum atomic E-state index is 0.410. The van der Waals surface area contributed by atoms with Crippen molar-refractivity contribution in [2.24, 2.45) is 0 Å². The van der Waals surface area contributed by atoms with Crippen LogP contribution in [0.3, 0.4) is 0 Å². The molecule has 17 heavy (non-hydrogen) atoms. The lowest BCUT2D eigenvalue weighted by Gasteiger charge is -2.11. The molecule has 0 aliphatic heterocycles. The van der Waals surface area contributed by atoms with Crippen molar-refractivity contribution in [2.75, 3.05) is 6.54 Å². The van der Waals surface area contributed by atoms with Crippen molar-refractivity contribution < 1.29 is 0 Å². The van der Waals surface area contributed by atoms with E-state index in [0.717, 1.165) is 13.0 Å². The number of hydrogen-bond acceptors (Lipinski definition) is 3. The van der Waals surface area contributed by atoms with Crippen LogP contribution in [0.4, 0.5) is 0 Å². The Hall–Kier alpha value is -0.710. The highest BCUT2D eigenvalue weighted by atomic mass is 79.9. The number of aromatic nitrogens is 1. The van der Waals surface area contributed by atoms with Crippen LogP contribution in [0.15, 0.2) is 40.4 Å². The van der Waals surface area contributed by atoms with Gasteiger partial charge in [-0.15, -0.1) is 11.3 Å². The van der Waals surface area contributed by atoms with E-state index in [1.807, 2.05) is 12.4 Å². The van der Waals surface area contributed by atoms with Crippen LogP contribution in [-0.2, 0) is 6.42 Å². The van der Waals surface area contributed by atoms with Gasteiger partial charge in [0.05, 0.1) is 0 Å². The fourth-order valence-corrected chi connectivity index (χ4v) is 3.12. The second-order valence-electron chi connectivity index (χ2n) is 3.95. The molecule has 2 aromatic rings. The van der Waals surface area contributed by atoms with Crippen LogP contribution in [0.2, 0.25) is 0 Å². The maximum atomic E-state index is 4.01. The number of pyridine rings is 1. The molecular formula is C13H15BrN2S. The van der Waals surface area contributed by atoms with E-state index in [0.29, 0.717) is 6.04 Å². The zero-order chi connectivity index (χ0) is 12.1. The third kappa shape index (κ3) is 3.91. The number of nitrogens with zero attached hydrogens (tertiary/aromatic N) is 1. The monoisotopic (exact) mass is 310 g/mol. The molecule has 2 heterocycles. The molecule has 2 rings (SSSR count). The van der Waals surface area contributed by atoms with E-state index in [1.165, 1.54) is 14.9 Å². The molecule has 0 fully saturated rings. The SMILES string of the molecule is CC(NCCc1ccncc1)c1cc(Br)cs1. The van der Waals surface area contributed by atoms with E-state index in [9.17, 15) is 0 Å². The Morgan fingerprint density at radius 1 is 1.41 bits per heavy atom. The largest absolute Gasteiger partial charge is 0.309 e. The first kappa shape index (κ1) is 12.7. The molecule has 1 N–H and O–H groups in total. The van der Waals surface area contributed by atoms with Gasteiger partial charge in [0.25, 0.3) is 0 Å². The minimum Gasteiger partial charge on any atom is -0.309 e. The molecule has 0 aromatic carbocycles. The van der Waals surface area contributed by atoms with E-state index in [4.69, 9.17) is 0 Å². The van der Waals surface area contributed by atoms with Gasteiger partial charge in [0.1, 0.15) is 0 Å². The van der Waals surface area contributed by atoms with Crippen LogP contribution in [0.5, 0.6) is 0 Å². The van der Waals surface area contributed by atoms with Crippen molar-refractivity contribution in [1.29, 1.82) is 0 Å². The smallest absolute Gasteiger partial charge is 0.0386 e. The van der Waals surface area contributed by atoms with Crippen LogP contribution in [0.1, 0.15) is 23.4 Å². The molecule has 0 radical (unpaired) electrons. The second kappa shape index (κ2) is 6.28. The Kier molecular flexibility index (Phi) is 4.71. The molecule has 1 unspecified atom stereocenters. The number of rotatable bonds is 5. The Bertz CT molecular complexity index is 455. The van der Waals surface area contributed by atoms with Crippen molar-refractivity contribution in [3.05, 3.63) is 50.9 Å². The molecule has 2 nitrogen and oxygen atoms in total. The molecule has 1 atom stereocenters. The van der Waals surface area contributed by atoms with Gasteiger partial charge in [-0.3, -0.25) is 4.98 Å². The van der Waals surface area contributed by atoms with Gasteiger partial charge in [0.2, 0.25) is 0 Å². The molecule has 0 aliphatic rings. The Balaban J connectivity index is 1.79. The van der Waals surface area contributed by atoms with Crippen molar-refractivity contribution in [3.8, 4) is 0 Å². The summed E-state index contributed by atoms with van der Waals surface area (Å²) in [5.74, 6) is 0. The molecule has 0 spiro atoms. The summed E-state index contributed by atoms with van der Waals surface area (Å²) in [4.78, 5) is 5.38. The van der Waals surface area contributed by atoms with Crippen LogP contribution in [0.25, 0.3) is 0 Å².